The summed E-state index contributed by atoms with van der Waals surface area (Å²) in [6, 6.07) is 6.74. The van der Waals surface area contributed by atoms with Crippen LogP contribution < -0.4 is 4.74 Å². The van der Waals surface area contributed by atoms with Crippen LogP contribution in [0.2, 0.25) is 0 Å². The zero-order chi connectivity index (χ0) is 17.8. The van der Waals surface area contributed by atoms with E-state index in [1.54, 1.807) is 7.11 Å². The molecule has 0 aromatic heterocycles. The van der Waals surface area contributed by atoms with Gasteiger partial charge >= 0.3 is 0 Å². The average molecular weight is 372 g/mol. The van der Waals surface area contributed by atoms with E-state index in [2.05, 4.69) is 34.9 Å². The number of carbonyl (C=O) groups is 1. The molecule has 1 amide bonds. The molecule has 3 nitrogen and oxygen atoms in total. The van der Waals surface area contributed by atoms with E-state index in [0.717, 1.165) is 5.75 Å². The summed E-state index contributed by atoms with van der Waals surface area (Å²) in [5.74, 6) is 1.23. The minimum atomic E-state index is 0.0644. The standard InChI is InChI=1S/C22H29NO2S/c1-25-17-8-9-18-16(14-17)15-19(24)23-20(18)21(10-4-2-5-11-21)26-22(23)12-6-3-7-13-22/h8-9,14,20H,2-7,10-13,15H2,1H3/t20-/m0/s1. The molecule has 0 unspecified atom stereocenters. The molecule has 1 aromatic carbocycles. The second kappa shape index (κ2) is 6.19. The predicted octanol–water partition coefficient (Wildman–Crippen LogP) is 5.23. The van der Waals surface area contributed by atoms with Gasteiger partial charge in [-0.05, 0) is 48.9 Å². The van der Waals surface area contributed by atoms with Crippen molar-refractivity contribution in [2.45, 2.75) is 86.3 Å². The van der Waals surface area contributed by atoms with Crippen molar-refractivity contribution in [1.82, 2.24) is 4.90 Å². The van der Waals surface area contributed by atoms with Gasteiger partial charge in [0, 0.05) is 4.75 Å². The maximum Gasteiger partial charge on any atom is 0.228 e. The van der Waals surface area contributed by atoms with E-state index in [4.69, 9.17) is 4.74 Å². The van der Waals surface area contributed by atoms with Crippen LogP contribution in [-0.4, -0.2) is 27.5 Å². The first kappa shape index (κ1) is 17.0. The molecule has 1 atom stereocenters. The van der Waals surface area contributed by atoms with Crippen LogP contribution in [0.1, 0.15) is 81.4 Å². The topological polar surface area (TPSA) is 29.5 Å². The summed E-state index contributed by atoms with van der Waals surface area (Å²) >= 11 is 2.21. The Kier molecular flexibility index (Phi) is 4.04. The third-order valence-corrected chi connectivity index (χ3v) is 9.20. The third-order valence-electron chi connectivity index (χ3n) is 7.18. The van der Waals surface area contributed by atoms with Gasteiger partial charge in [0.1, 0.15) is 5.75 Å². The Balaban J connectivity index is 1.65. The number of nitrogens with zero attached hydrogens (tertiary/aromatic N) is 1. The van der Waals surface area contributed by atoms with Crippen LogP contribution in [0.4, 0.5) is 0 Å². The van der Waals surface area contributed by atoms with Crippen LogP contribution in [0.5, 0.6) is 5.75 Å². The molecule has 3 fully saturated rings. The fourth-order valence-corrected chi connectivity index (χ4v) is 8.49. The number of hydrogen-bond donors (Lipinski definition) is 0. The lowest BCUT2D eigenvalue weighted by molar-refractivity contribution is -0.139. The summed E-state index contributed by atoms with van der Waals surface area (Å²) in [6.07, 6.45) is 13.3. The lowest BCUT2D eigenvalue weighted by Crippen LogP contribution is -2.52. The van der Waals surface area contributed by atoms with Crippen LogP contribution in [0.25, 0.3) is 0 Å². The van der Waals surface area contributed by atoms with Crippen molar-refractivity contribution in [3.05, 3.63) is 29.3 Å². The Morgan fingerprint density at radius 2 is 1.73 bits per heavy atom. The first-order valence-electron chi connectivity index (χ1n) is 10.4. The number of methoxy groups -OCH3 is 1. The number of benzene rings is 1. The van der Waals surface area contributed by atoms with Crippen LogP contribution in [-0.2, 0) is 11.2 Å². The highest BCUT2D eigenvalue weighted by Gasteiger charge is 2.63. The molecule has 2 aliphatic carbocycles. The molecule has 2 saturated carbocycles. The number of fused-ring (bicyclic) bond motifs is 5. The van der Waals surface area contributed by atoms with Crippen molar-refractivity contribution in [1.29, 1.82) is 0 Å². The molecule has 2 aliphatic heterocycles. The van der Waals surface area contributed by atoms with E-state index >= 15 is 0 Å². The molecule has 4 heteroatoms. The molecule has 0 bridgehead atoms. The first-order valence-corrected chi connectivity index (χ1v) is 11.2. The van der Waals surface area contributed by atoms with Crippen molar-refractivity contribution < 1.29 is 9.53 Å². The molecular formula is C22H29NO2S. The van der Waals surface area contributed by atoms with Gasteiger partial charge in [-0.3, -0.25) is 4.79 Å². The van der Waals surface area contributed by atoms with Gasteiger partial charge in [-0.1, -0.05) is 44.6 Å². The van der Waals surface area contributed by atoms with E-state index in [9.17, 15) is 4.79 Å². The normalized spacial score (nSPS) is 28.9. The van der Waals surface area contributed by atoms with Crippen molar-refractivity contribution in [3.63, 3.8) is 0 Å². The summed E-state index contributed by atoms with van der Waals surface area (Å²) < 4.78 is 5.67. The largest absolute Gasteiger partial charge is 0.497 e. The molecule has 1 saturated heterocycles. The summed E-state index contributed by atoms with van der Waals surface area (Å²) in [6.45, 7) is 0. The molecule has 0 radical (unpaired) electrons. The fraction of sp³-hybridized carbons (Fsp3) is 0.682. The monoisotopic (exact) mass is 371 g/mol. The van der Waals surface area contributed by atoms with E-state index in [1.807, 2.05) is 0 Å². The molecule has 140 valence electrons. The van der Waals surface area contributed by atoms with E-state index in [-0.39, 0.29) is 15.7 Å². The zero-order valence-electron chi connectivity index (χ0n) is 15.8. The predicted molar refractivity (Wildman–Crippen MR) is 106 cm³/mol. The zero-order valence-corrected chi connectivity index (χ0v) is 16.6. The lowest BCUT2D eigenvalue weighted by Gasteiger charge is -2.46. The van der Waals surface area contributed by atoms with E-state index in [1.165, 1.54) is 75.3 Å². The quantitative estimate of drug-likeness (QED) is 0.677. The Bertz CT molecular complexity index is 719. The van der Waals surface area contributed by atoms with Crippen molar-refractivity contribution in [3.8, 4) is 5.75 Å². The average Bonchev–Trinajstić information content (AvgIpc) is 2.92. The van der Waals surface area contributed by atoms with Crippen molar-refractivity contribution >= 4 is 17.7 Å². The number of hydrogen-bond acceptors (Lipinski definition) is 3. The Morgan fingerprint density at radius 1 is 1.04 bits per heavy atom. The minimum Gasteiger partial charge on any atom is -0.497 e. The second-order valence-corrected chi connectivity index (χ2v) is 10.4. The minimum absolute atomic E-state index is 0.0644. The Labute approximate surface area is 160 Å². The van der Waals surface area contributed by atoms with E-state index in [0.29, 0.717) is 12.3 Å². The van der Waals surface area contributed by atoms with Crippen LogP contribution >= 0.6 is 11.8 Å². The van der Waals surface area contributed by atoms with Crippen LogP contribution in [0.3, 0.4) is 0 Å². The smallest absolute Gasteiger partial charge is 0.228 e. The highest BCUT2D eigenvalue weighted by molar-refractivity contribution is 8.02. The Hall–Kier alpha value is -1.16. The maximum atomic E-state index is 13.4. The molecule has 2 spiro atoms. The summed E-state index contributed by atoms with van der Waals surface area (Å²) in [5.41, 5.74) is 2.61. The van der Waals surface area contributed by atoms with Crippen molar-refractivity contribution in [2.24, 2.45) is 0 Å². The molecule has 26 heavy (non-hydrogen) atoms. The number of amides is 1. The lowest BCUT2D eigenvalue weighted by atomic mass is 9.75. The van der Waals surface area contributed by atoms with Gasteiger partial charge < -0.3 is 9.64 Å². The van der Waals surface area contributed by atoms with E-state index < -0.39 is 0 Å². The third kappa shape index (κ3) is 2.37. The molecule has 4 aliphatic rings. The van der Waals surface area contributed by atoms with Gasteiger partial charge in [-0.25, -0.2) is 0 Å². The highest BCUT2D eigenvalue weighted by atomic mass is 32.2. The van der Waals surface area contributed by atoms with Gasteiger partial charge in [-0.15, -0.1) is 11.8 Å². The number of ether oxygens (including phenoxy) is 1. The fourth-order valence-electron chi connectivity index (χ4n) is 6.10. The van der Waals surface area contributed by atoms with Gasteiger partial charge in [0.25, 0.3) is 0 Å². The molecule has 2 heterocycles. The maximum absolute atomic E-state index is 13.4. The molecule has 0 N–H and O–H groups in total. The van der Waals surface area contributed by atoms with Gasteiger partial charge in [-0.2, -0.15) is 0 Å². The number of rotatable bonds is 1. The highest BCUT2D eigenvalue weighted by Crippen LogP contribution is 2.67. The Morgan fingerprint density at radius 3 is 2.42 bits per heavy atom. The van der Waals surface area contributed by atoms with Crippen LogP contribution in [0.15, 0.2) is 18.2 Å². The molecule has 1 aromatic rings. The summed E-state index contributed by atoms with van der Waals surface area (Å²) in [4.78, 5) is 15.9. The summed E-state index contributed by atoms with van der Waals surface area (Å²) in [7, 11) is 1.71. The van der Waals surface area contributed by atoms with Crippen LogP contribution in [0, 0.1) is 0 Å². The summed E-state index contributed by atoms with van der Waals surface area (Å²) in [5, 5.41) is 0. The van der Waals surface area contributed by atoms with Gasteiger partial charge in [0.2, 0.25) is 5.91 Å². The SMILES string of the molecule is COc1ccc2c(c1)CC(=O)N1[C@@H]2C2(CCCCC2)SC12CCCCC2. The second-order valence-electron chi connectivity index (χ2n) is 8.64. The number of carbonyl (C=O) groups excluding carboxylic acids is 1. The first-order chi connectivity index (χ1) is 12.7. The molecular weight excluding hydrogens is 342 g/mol. The van der Waals surface area contributed by atoms with Gasteiger partial charge in [0.15, 0.2) is 0 Å². The molecule has 5 rings (SSSR count). The number of thioether (sulfide) groups is 1. The van der Waals surface area contributed by atoms with Gasteiger partial charge in [0.05, 0.1) is 24.4 Å². The van der Waals surface area contributed by atoms with Crippen molar-refractivity contribution in [2.75, 3.05) is 7.11 Å².